The van der Waals surface area contributed by atoms with Gasteiger partial charge in [0.25, 0.3) is 5.91 Å². The minimum atomic E-state index is -0.119. The maximum absolute atomic E-state index is 12.4. The Hall–Kier alpha value is -1.65. The zero-order chi connectivity index (χ0) is 15.2. The molecule has 0 heterocycles. The van der Waals surface area contributed by atoms with Crippen LogP contribution < -0.4 is 5.32 Å². The van der Waals surface area contributed by atoms with Crippen molar-refractivity contribution in [1.29, 1.82) is 0 Å². The summed E-state index contributed by atoms with van der Waals surface area (Å²) < 4.78 is 5.90. The Morgan fingerprint density at radius 3 is 2.71 bits per heavy atom. The van der Waals surface area contributed by atoms with E-state index in [1.54, 1.807) is 7.11 Å². The highest BCUT2D eigenvalue weighted by Gasteiger charge is 2.12. The predicted molar refractivity (Wildman–Crippen MR) is 88.9 cm³/mol. The number of amides is 1. The predicted octanol–water partition coefficient (Wildman–Crippen LogP) is 4.20. The van der Waals surface area contributed by atoms with Crippen LogP contribution in [0, 0.1) is 6.92 Å². The lowest BCUT2D eigenvalue weighted by Gasteiger charge is -2.12. The van der Waals surface area contributed by atoms with Crippen molar-refractivity contribution < 1.29 is 9.53 Å². The number of para-hydroxylation sites is 1. The van der Waals surface area contributed by atoms with Gasteiger partial charge in [-0.1, -0.05) is 24.3 Å². The molecule has 0 unspecified atom stereocenters. The van der Waals surface area contributed by atoms with E-state index >= 15 is 0 Å². The number of benzene rings is 2. The summed E-state index contributed by atoms with van der Waals surface area (Å²) in [6, 6.07) is 13.5. The fourth-order valence-electron chi connectivity index (χ4n) is 2.07. The van der Waals surface area contributed by atoms with E-state index < -0.39 is 0 Å². The van der Waals surface area contributed by atoms with Crippen LogP contribution in [0.2, 0.25) is 0 Å². The molecule has 2 rings (SSSR count). The molecule has 0 atom stereocenters. The SMILES string of the molecule is COCCc1ccccc1NC(=O)c1ccc(C)cc1Br. The van der Waals surface area contributed by atoms with Gasteiger partial charge < -0.3 is 10.1 Å². The van der Waals surface area contributed by atoms with Crippen molar-refractivity contribution in [2.45, 2.75) is 13.3 Å². The summed E-state index contributed by atoms with van der Waals surface area (Å²) in [5.74, 6) is -0.119. The number of ether oxygens (including phenoxy) is 1. The second-order valence-electron chi connectivity index (χ2n) is 4.84. The van der Waals surface area contributed by atoms with Gasteiger partial charge in [-0.25, -0.2) is 0 Å². The second-order valence-corrected chi connectivity index (χ2v) is 5.69. The zero-order valence-corrected chi connectivity index (χ0v) is 13.7. The van der Waals surface area contributed by atoms with Crippen molar-refractivity contribution in [3.8, 4) is 0 Å². The minimum Gasteiger partial charge on any atom is -0.384 e. The Morgan fingerprint density at radius 1 is 1.24 bits per heavy atom. The standard InChI is InChI=1S/C17H18BrNO2/c1-12-7-8-14(15(18)11-12)17(20)19-16-6-4-3-5-13(16)9-10-21-2/h3-8,11H,9-10H2,1-2H3,(H,19,20). The Balaban J connectivity index is 2.19. The smallest absolute Gasteiger partial charge is 0.256 e. The molecule has 3 nitrogen and oxygen atoms in total. The number of methoxy groups -OCH3 is 1. The largest absolute Gasteiger partial charge is 0.384 e. The van der Waals surface area contributed by atoms with Crippen LogP contribution in [0.4, 0.5) is 5.69 Å². The highest BCUT2D eigenvalue weighted by molar-refractivity contribution is 9.10. The molecule has 0 spiro atoms. The van der Waals surface area contributed by atoms with Gasteiger partial charge in [0.15, 0.2) is 0 Å². The number of carbonyl (C=O) groups excluding carboxylic acids is 1. The summed E-state index contributed by atoms with van der Waals surface area (Å²) >= 11 is 3.44. The Labute approximate surface area is 133 Å². The molecule has 0 saturated carbocycles. The maximum atomic E-state index is 12.4. The molecule has 0 bridgehead atoms. The number of anilines is 1. The van der Waals surface area contributed by atoms with E-state index in [0.717, 1.165) is 27.7 Å². The van der Waals surface area contributed by atoms with E-state index in [2.05, 4.69) is 21.2 Å². The van der Waals surface area contributed by atoms with Gasteiger partial charge >= 0.3 is 0 Å². The van der Waals surface area contributed by atoms with Crippen LogP contribution in [0.3, 0.4) is 0 Å². The topological polar surface area (TPSA) is 38.3 Å². The van der Waals surface area contributed by atoms with Crippen molar-refractivity contribution >= 4 is 27.5 Å². The van der Waals surface area contributed by atoms with Crippen LogP contribution in [-0.4, -0.2) is 19.6 Å². The maximum Gasteiger partial charge on any atom is 0.256 e. The van der Waals surface area contributed by atoms with E-state index in [1.807, 2.05) is 49.4 Å². The van der Waals surface area contributed by atoms with E-state index in [0.29, 0.717) is 12.2 Å². The van der Waals surface area contributed by atoms with Crippen molar-refractivity contribution in [3.05, 3.63) is 63.6 Å². The van der Waals surface area contributed by atoms with Crippen LogP contribution in [0.15, 0.2) is 46.9 Å². The number of hydrogen-bond acceptors (Lipinski definition) is 2. The zero-order valence-electron chi connectivity index (χ0n) is 12.2. The monoisotopic (exact) mass is 347 g/mol. The molecule has 0 aromatic heterocycles. The van der Waals surface area contributed by atoms with E-state index in [4.69, 9.17) is 4.74 Å². The van der Waals surface area contributed by atoms with E-state index in [1.165, 1.54) is 0 Å². The molecular formula is C17H18BrNO2. The highest BCUT2D eigenvalue weighted by Crippen LogP contribution is 2.21. The van der Waals surface area contributed by atoms with Crippen LogP contribution in [0.1, 0.15) is 21.5 Å². The van der Waals surface area contributed by atoms with Gasteiger partial charge in [0.1, 0.15) is 0 Å². The number of nitrogens with one attached hydrogen (secondary N) is 1. The summed E-state index contributed by atoms with van der Waals surface area (Å²) in [7, 11) is 1.67. The molecule has 1 amide bonds. The van der Waals surface area contributed by atoms with Gasteiger partial charge in [-0.05, 0) is 58.6 Å². The molecule has 0 radical (unpaired) electrons. The molecule has 0 aliphatic rings. The van der Waals surface area contributed by atoms with Crippen LogP contribution in [0.25, 0.3) is 0 Å². The third kappa shape index (κ3) is 4.16. The van der Waals surface area contributed by atoms with Crippen LogP contribution in [0.5, 0.6) is 0 Å². The molecule has 1 N–H and O–H groups in total. The molecule has 4 heteroatoms. The number of carbonyl (C=O) groups is 1. The lowest BCUT2D eigenvalue weighted by molar-refractivity contribution is 0.102. The molecule has 0 aliphatic carbocycles. The van der Waals surface area contributed by atoms with Crippen LogP contribution >= 0.6 is 15.9 Å². The molecule has 0 fully saturated rings. The number of aryl methyl sites for hydroxylation is 1. The lowest BCUT2D eigenvalue weighted by Crippen LogP contribution is -2.14. The second kappa shape index (κ2) is 7.38. The quantitative estimate of drug-likeness (QED) is 0.880. The highest BCUT2D eigenvalue weighted by atomic mass is 79.9. The first kappa shape index (κ1) is 15.7. The molecule has 2 aromatic rings. The van der Waals surface area contributed by atoms with E-state index in [-0.39, 0.29) is 5.91 Å². The third-order valence-electron chi connectivity index (χ3n) is 3.21. The van der Waals surface area contributed by atoms with Crippen molar-refractivity contribution in [2.24, 2.45) is 0 Å². The molecule has 0 aliphatic heterocycles. The van der Waals surface area contributed by atoms with Gasteiger partial charge in [-0.3, -0.25) is 4.79 Å². The fraction of sp³-hybridized carbons (Fsp3) is 0.235. The lowest BCUT2D eigenvalue weighted by atomic mass is 10.1. The van der Waals surface area contributed by atoms with Crippen LogP contribution in [-0.2, 0) is 11.2 Å². The van der Waals surface area contributed by atoms with Crippen molar-refractivity contribution in [2.75, 3.05) is 19.0 Å². The molecular weight excluding hydrogens is 330 g/mol. The van der Waals surface area contributed by atoms with E-state index in [9.17, 15) is 4.79 Å². The Bertz CT molecular complexity index is 640. The average Bonchev–Trinajstić information content (AvgIpc) is 2.46. The summed E-state index contributed by atoms with van der Waals surface area (Å²) in [5, 5.41) is 2.97. The minimum absolute atomic E-state index is 0.119. The number of halogens is 1. The van der Waals surface area contributed by atoms with Gasteiger partial charge in [-0.15, -0.1) is 0 Å². The van der Waals surface area contributed by atoms with Crippen molar-refractivity contribution in [1.82, 2.24) is 0 Å². The van der Waals surface area contributed by atoms with Gasteiger partial charge in [-0.2, -0.15) is 0 Å². The van der Waals surface area contributed by atoms with Gasteiger partial charge in [0.05, 0.1) is 12.2 Å². The Morgan fingerprint density at radius 2 is 2.00 bits per heavy atom. The molecule has 2 aromatic carbocycles. The van der Waals surface area contributed by atoms with Crippen molar-refractivity contribution in [3.63, 3.8) is 0 Å². The fourth-order valence-corrected chi connectivity index (χ4v) is 2.74. The normalized spacial score (nSPS) is 10.4. The average molecular weight is 348 g/mol. The Kier molecular flexibility index (Phi) is 5.53. The summed E-state index contributed by atoms with van der Waals surface area (Å²) in [4.78, 5) is 12.4. The first-order chi connectivity index (χ1) is 10.1. The summed E-state index contributed by atoms with van der Waals surface area (Å²) in [6.07, 6.45) is 0.766. The van der Waals surface area contributed by atoms with Gasteiger partial charge in [0, 0.05) is 17.3 Å². The van der Waals surface area contributed by atoms with Gasteiger partial charge in [0.2, 0.25) is 0 Å². The first-order valence-electron chi connectivity index (χ1n) is 6.76. The molecule has 110 valence electrons. The summed E-state index contributed by atoms with van der Waals surface area (Å²) in [5.41, 5.74) is 3.63. The summed E-state index contributed by atoms with van der Waals surface area (Å²) in [6.45, 7) is 2.62. The molecule has 0 saturated heterocycles. The third-order valence-corrected chi connectivity index (χ3v) is 3.87. The number of rotatable bonds is 5. The molecule has 21 heavy (non-hydrogen) atoms. The first-order valence-corrected chi connectivity index (χ1v) is 7.55. The number of hydrogen-bond donors (Lipinski definition) is 1.